The van der Waals surface area contributed by atoms with Gasteiger partial charge in [0.05, 0.1) is 61.0 Å². The van der Waals surface area contributed by atoms with Crippen LogP contribution in [0.4, 0.5) is 0 Å². The van der Waals surface area contributed by atoms with Gasteiger partial charge in [-0.25, -0.2) is 4.79 Å². The monoisotopic (exact) mass is 942 g/mol. The van der Waals surface area contributed by atoms with Crippen LogP contribution in [0.1, 0.15) is 105 Å². The normalized spacial score (nSPS) is 55.3. The highest BCUT2D eigenvalue weighted by Crippen LogP contribution is 2.70. The highest BCUT2D eigenvalue weighted by Gasteiger charge is 2.70. The molecule has 376 valence electrons. The lowest BCUT2D eigenvalue weighted by Gasteiger charge is -2.63. The fourth-order valence-electron chi connectivity index (χ4n) is 14.3. The summed E-state index contributed by atoms with van der Waals surface area (Å²) in [5.41, 5.74) is -0.918. The van der Waals surface area contributed by atoms with E-state index in [9.17, 15) is 50.8 Å². The predicted octanol–water partition coefficient (Wildman–Crippen LogP) is 0.0423. The Morgan fingerprint density at radius 2 is 1.35 bits per heavy atom. The van der Waals surface area contributed by atoms with Gasteiger partial charge in [0.15, 0.2) is 25.2 Å². The molecule has 9 aliphatic rings. The van der Waals surface area contributed by atoms with Gasteiger partial charge in [0, 0.05) is 43.1 Å². The van der Waals surface area contributed by atoms with Crippen LogP contribution in [0.15, 0.2) is 11.6 Å². The van der Waals surface area contributed by atoms with E-state index in [0.29, 0.717) is 5.92 Å². The van der Waals surface area contributed by atoms with Crippen LogP contribution >= 0.6 is 0 Å². The summed E-state index contributed by atoms with van der Waals surface area (Å²) in [5.74, 6) is -0.120. The average Bonchev–Trinajstić information content (AvgIpc) is 3.78. The minimum Gasteiger partial charge on any atom is -0.458 e. The number of cyclic esters (lactones) is 1. The molecule has 1 unspecified atom stereocenters. The third-order valence-corrected chi connectivity index (χ3v) is 18.0. The zero-order valence-electron chi connectivity index (χ0n) is 38.7. The number of hydrogen-bond donors (Lipinski definition) is 9. The summed E-state index contributed by atoms with van der Waals surface area (Å²) in [5, 5.41) is 97.4. The summed E-state index contributed by atoms with van der Waals surface area (Å²) in [7, 11) is 0. The molecule has 4 saturated heterocycles. The summed E-state index contributed by atoms with van der Waals surface area (Å²) in [6.07, 6.45) is -11.3. The molecule has 5 aliphatic heterocycles. The molecule has 0 radical (unpaired) electrons. The lowest BCUT2D eigenvalue weighted by Crippen LogP contribution is -2.62. The number of fused-ring (bicyclic) bond motifs is 5. The maximum absolute atomic E-state index is 12.7. The first-order valence-corrected chi connectivity index (χ1v) is 24.4. The number of carbonyl (C=O) groups is 1. The fraction of sp³-hybridized carbons (Fsp3) is 0.936. The molecule has 0 bridgehead atoms. The predicted molar refractivity (Wildman–Crippen MR) is 225 cm³/mol. The molecule has 0 aromatic heterocycles. The van der Waals surface area contributed by atoms with E-state index in [1.165, 1.54) is 6.08 Å². The Bertz CT molecular complexity index is 1740. The summed E-state index contributed by atoms with van der Waals surface area (Å²) < 4.78 is 55.5. The van der Waals surface area contributed by atoms with E-state index < -0.39 is 134 Å². The highest BCUT2D eigenvalue weighted by atomic mass is 16.8. The van der Waals surface area contributed by atoms with Crippen molar-refractivity contribution in [1.29, 1.82) is 0 Å². The number of ether oxygens (including phenoxy) is 9. The molecule has 0 amide bonds. The van der Waals surface area contributed by atoms with Gasteiger partial charge in [0.1, 0.15) is 49.3 Å². The molecule has 4 aliphatic carbocycles. The van der Waals surface area contributed by atoms with Gasteiger partial charge < -0.3 is 88.6 Å². The van der Waals surface area contributed by atoms with Crippen molar-refractivity contribution in [2.75, 3.05) is 13.2 Å². The quantitative estimate of drug-likeness (QED) is 0.103. The van der Waals surface area contributed by atoms with Crippen LogP contribution in [0.5, 0.6) is 0 Å². The number of aliphatic hydroxyl groups excluding tert-OH is 8. The Balaban J connectivity index is 0.877. The van der Waals surface area contributed by atoms with Gasteiger partial charge in [-0.3, -0.25) is 0 Å². The molecule has 0 aromatic carbocycles. The average molecular weight is 943 g/mol. The summed E-state index contributed by atoms with van der Waals surface area (Å²) in [6, 6.07) is 0. The molecule has 19 heteroatoms. The first-order valence-electron chi connectivity index (χ1n) is 24.4. The smallest absolute Gasteiger partial charge is 0.331 e. The molecule has 9 N–H and O–H groups in total. The Morgan fingerprint density at radius 1 is 0.667 bits per heavy atom. The van der Waals surface area contributed by atoms with E-state index in [1.54, 1.807) is 13.8 Å². The second-order valence-corrected chi connectivity index (χ2v) is 21.7. The van der Waals surface area contributed by atoms with E-state index in [2.05, 4.69) is 13.8 Å². The molecule has 19 nitrogen and oxygen atoms in total. The van der Waals surface area contributed by atoms with Crippen molar-refractivity contribution < 1.29 is 93.4 Å². The molecule has 0 aromatic rings. The summed E-state index contributed by atoms with van der Waals surface area (Å²) in [6.45, 7) is 9.12. The molecule has 26 atom stereocenters. The number of esters is 1. The SMILES string of the molecule is C[C@H]1O[C@H](O[C@H]2C[C@@H](O[C@H]3CC[C@@]4(C)[C@H](CC[C@@H]5[C@@H]4CC[C@]4(C)[C@@H](C6=CC(=O)OC6)[C@@H](O)CC54O)C3)O[C@H](C)[C@H]2O[C@@H]2C[C@H](O)[C@H](O)[C@@H](C)O2)C[C@H](O[C@@H]2O[C@H](CO)[C@@H](O)[C@H](O)[C@H]2O)[C@@H]1O. The van der Waals surface area contributed by atoms with Gasteiger partial charge in [0.2, 0.25) is 0 Å². The van der Waals surface area contributed by atoms with Crippen molar-refractivity contribution in [2.24, 2.45) is 34.5 Å². The largest absolute Gasteiger partial charge is 0.458 e. The maximum atomic E-state index is 12.7. The van der Waals surface area contributed by atoms with Gasteiger partial charge in [-0.1, -0.05) is 13.8 Å². The van der Waals surface area contributed by atoms with E-state index >= 15 is 0 Å². The third kappa shape index (κ3) is 8.75. The molecule has 5 heterocycles. The fourth-order valence-corrected chi connectivity index (χ4v) is 14.3. The molecule has 8 fully saturated rings. The maximum Gasteiger partial charge on any atom is 0.331 e. The second kappa shape index (κ2) is 18.9. The van der Waals surface area contributed by atoms with Crippen LogP contribution in [0, 0.1) is 34.5 Å². The Labute approximate surface area is 385 Å². The molecule has 66 heavy (non-hydrogen) atoms. The zero-order chi connectivity index (χ0) is 47.2. The minimum atomic E-state index is -1.68. The van der Waals surface area contributed by atoms with Gasteiger partial charge in [-0.15, -0.1) is 0 Å². The first-order chi connectivity index (χ1) is 31.2. The molecule has 9 rings (SSSR count). The topological polar surface area (TPSA) is 282 Å². The summed E-state index contributed by atoms with van der Waals surface area (Å²) >= 11 is 0. The molecule has 4 saturated carbocycles. The van der Waals surface area contributed by atoms with Gasteiger partial charge in [-0.05, 0) is 94.5 Å². The first kappa shape index (κ1) is 49.5. The van der Waals surface area contributed by atoms with Gasteiger partial charge in [-0.2, -0.15) is 0 Å². The lowest BCUT2D eigenvalue weighted by atomic mass is 9.43. The van der Waals surface area contributed by atoms with Crippen molar-refractivity contribution in [2.45, 2.75) is 228 Å². The third-order valence-electron chi connectivity index (χ3n) is 18.0. The summed E-state index contributed by atoms with van der Waals surface area (Å²) in [4.78, 5) is 12.1. The van der Waals surface area contributed by atoms with Crippen molar-refractivity contribution in [3.05, 3.63) is 11.6 Å². The van der Waals surface area contributed by atoms with Gasteiger partial charge in [0.25, 0.3) is 0 Å². The van der Waals surface area contributed by atoms with E-state index in [-0.39, 0.29) is 61.6 Å². The molecular formula is C47H74O19. The number of hydrogen-bond acceptors (Lipinski definition) is 19. The van der Waals surface area contributed by atoms with E-state index in [1.807, 2.05) is 6.92 Å². The van der Waals surface area contributed by atoms with Crippen LogP contribution in [0.2, 0.25) is 0 Å². The number of rotatable bonds is 10. The van der Waals surface area contributed by atoms with Crippen LogP contribution in [-0.4, -0.2) is 187 Å². The van der Waals surface area contributed by atoms with Crippen molar-refractivity contribution in [3.63, 3.8) is 0 Å². The Hall–Kier alpha value is -1.47. The van der Waals surface area contributed by atoms with Gasteiger partial charge >= 0.3 is 5.97 Å². The minimum absolute atomic E-state index is 0.00941. The zero-order valence-corrected chi connectivity index (χ0v) is 38.7. The van der Waals surface area contributed by atoms with Crippen LogP contribution < -0.4 is 0 Å². The van der Waals surface area contributed by atoms with Crippen LogP contribution in [-0.2, 0) is 47.4 Å². The Morgan fingerprint density at radius 3 is 2.05 bits per heavy atom. The van der Waals surface area contributed by atoms with Crippen molar-refractivity contribution in [1.82, 2.24) is 0 Å². The van der Waals surface area contributed by atoms with Crippen LogP contribution in [0.25, 0.3) is 0 Å². The van der Waals surface area contributed by atoms with Crippen LogP contribution in [0.3, 0.4) is 0 Å². The number of carbonyl (C=O) groups excluding carboxylic acids is 1. The number of aliphatic hydroxyl groups is 9. The molecule has 0 spiro atoms. The van der Waals surface area contributed by atoms with Crippen molar-refractivity contribution in [3.8, 4) is 0 Å². The van der Waals surface area contributed by atoms with E-state index in [4.69, 9.17) is 42.6 Å². The van der Waals surface area contributed by atoms with Crippen molar-refractivity contribution >= 4 is 5.97 Å². The lowest BCUT2D eigenvalue weighted by molar-refractivity contribution is -0.357. The highest BCUT2D eigenvalue weighted by molar-refractivity contribution is 5.85. The second-order valence-electron chi connectivity index (χ2n) is 21.7. The standard InChI is InChI=1S/C47H74O19/c1-20-38(52)28(49)14-34(59-20)66-43-22(3)61-35(16-31(43)63-36-15-30(39(53)21(2)60-36)64-44-42(56)41(55)40(54)32(18-48)65-44)62-25-8-10-45(4)24(13-25)6-7-27-26(45)9-11-46(5)37(23-12-33(51)58-19-23)29(50)17-47(27,46)57/h12,20-22,24-32,34-44,48-50,52-57H,6-11,13-19H2,1-5H3/t20-,21-,22-,24-,25+,26+,27-,28+,29+,30+,31+,32-,34-,35-,36-,37+,38-,39-,40-,41+,42-,43-,44-,45+,46-,47?/m1/s1. The molecular weight excluding hydrogens is 868 g/mol. The van der Waals surface area contributed by atoms with E-state index in [0.717, 1.165) is 50.5 Å². The Kier molecular flexibility index (Phi) is 14.2.